The normalized spacial score (nSPS) is 13.1. The lowest BCUT2D eigenvalue weighted by Gasteiger charge is -2.33. The number of hydrogen-bond donors (Lipinski definition) is 1. The summed E-state index contributed by atoms with van der Waals surface area (Å²) < 4.78 is 26.7. The molecular formula is C26H37N3O4S. The second-order valence-electron chi connectivity index (χ2n) is 9.01. The summed E-state index contributed by atoms with van der Waals surface area (Å²) in [7, 11) is -3.75. The van der Waals surface area contributed by atoms with Gasteiger partial charge in [0.15, 0.2) is 0 Å². The first-order valence-electron chi connectivity index (χ1n) is 11.5. The van der Waals surface area contributed by atoms with Crippen molar-refractivity contribution < 1.29 is 18.0 Å². The van der Waals surface area contributed by atoms with Crippen LogP contribution in [-0.4, -0.2) is 50.0 Å². The van der Waals surface area contributed by atoms with E-state index in [-0.39, 0.29) is 18.5 Å². The zero-order valence-electron chi connectivity index (χ0n) is 21.3. The van der Waals surface area contributed by atoms with Gasteiger partial charge in [0.25, 0.3) is 0 Å². The van der Waals surface area contributed by atoms with Crippen LogP contribution in [0, 0.1) is 20.8 Å². The summed E-state index contributed by atoms with van der Waals surface area (Å²) in [6.07, 6.45) is 1.86. The lowest BCUT2D eigenvalue weighted by molar-refractivity contribution is -0.139. The number of sulfonamides is 1. The minimum Gasteiger partial charge on any atom is -0.352 e. The van der Waals surface area contributed by atoms with Crippen molar-refractivity contribution >= 4 is 27.5 Å². The molecule has 0 fully saturated rings. The van der Waals surface area contributed by atoms with Crippen molar-refractivity contribution in [2.75, 3.05) is 17.1 Å². The number of para-hydroxylation sites is 1. The number of nitrogens with zero attached hydrogens (tertiary/aromatic N) is 2. The fourth-order valence-electron chi connectivity index (χ4n) is 3.83. The Hall–Kier alpha value is -2.87. The van der Waals surface area contributed by atoms with Gasteiger partial charge in [0, 0.05) is 12.6 Å². The number of hydrogen-bond acceptors (Lipinski definition) is 4. The zero-order chi connectivity index (χ0) is 25.6. The highest BCUT2D eigenvalue weighted by atomic mass is 32.2. The van der Waals surface area contributed by atoms with E-state index >= 15 is 0 Å². The number of aryl methyl sites for hydroxylation is 3. The topological polar surface area (TPSA) is 86.8 Å². The fraction of sp³-hybridized carbons (Fsp3) is 0.462. The molecule has 2 atom stereocenters. The standard InChI is InChI=1S/C26H37N3O4S/c1-8-21(5)27-26(31)22(6)28(16-23-14-9-11-18(2)15-23)24(30)17-29(34(7,32)33)25-19(3)12-10-13-20(25)4/h9-15,21-22H,8,16-17H2,1-7H3,(H,27,31)/t21-,22-/m0/s1. The second-order valence-corrected chi connectivity index (χ2v) is 10.9. The van der Waals surface area contributed by atoms with Crippen LogP contribution in [0.2, 0.25) is 0 Å². The number of carbonyl (C=O) groups is 2. The Bertz CT molecular complexity index is 1110. The third kappa shape index (κ3) is 7.06. The Kier molecular flexibility index (Phi) is 9.27. The lowest BCUT2D eigenvalue weighted by atomic mass is 10.1. The molecule has 1 N–H and O–H groups in total. The Balaban J connectivity index is 2.45. The number of rotatable bonds is 10. The molecule has 0 unspecified atom stereocenters. The number of amides is 2. The lowest BCUT2D eigenvalue weighted by Crippen LogP contribution is -2.52. The van der Waals surface area contributed by atoms with E-state index in [1.54, 1.807) is 6.92 Å². The van der Waals surface area contributed by atoms with E-state index in [4.69, 9.17) is 0 Å². The molecule has 7 nitrogen and oxygen atoms in total. The summed E-state index contributed by atoms with van der Waals surface area (Å²) in [6, 6.07) is 12.4. The highest BCUT2D eigenvalue weighted by Gasteiger charge is 2.31. The largest absolute Gasteiger partial charge is 0.352 e. The number of nitrogens with one attached hydrogen (secondary N) is 1. The van der Waals surface area contributed by atoms with Gasteiger partial charge in [0.05, 0.1) is 11.9 Å². The maximum Gasteiger partial charge on any atom is 0.244 e. The van der Waals surface area contributed by atoms with Crippen LogP contribution in [0.3, 0.4) is 0 Å². The van der Waals surface area contributed by atoms with E-state index in [0.29, 0.717) is 5.69 Å². The van der Waals surface area contributed by atoms with Crippen molar-refractivity contribution in [2.24, 2.45) is 0 Å². The summed E-state index contributed by atoms with van der Waals surface area (Å²) in [4.78, 5) is 28.0. The number of carbonyl (C=O) groups excluding carboxylic acids is 2. The molecule has 0 heterocycles. The number of anilines is 1. The van der Waals surface area contributed by atoms with Crippen LogP contribution >= 0.6 is 0 Å². The quantitative estimate of drug-likeness (QED) is 0.554. The molecule has 34 heavy (non-hydrogen) atoms. The van der Waals surface area contributed by atoms with E-state index in [1.165, 1.54) is 4.90 Å². The van der Waals surface area contributed by atoms with Gasteiger partial charge in [-0.15, -0.1) is 0 Å². The Morgan fingerprint density at radius 2 is 1.59 bits per heavy atom. The third-order valence-corrected chi connectivity index (χ3v) is 7.08. The van der Waals surface area contributed by atoms with Crippen molar-refractivity contribution in [2.45, 2.75) is 66.6 Å². The van der Waals surface area contributed by atoms with Crippen molar-refractivity contribution in [3.8, 4) is 0 Å². The van der Waals surface area contributed by atoms with E-state index in [2.05, 4.69) is 5.32 Å². The van der Waals surface area contributed by atoms with Gasteiger partial charge in [-0.1, -0.05) is 55.0 Å². The van der Waals surface area contributed by atoms with Crippen LogP contribution in [0.4, 0.5) is 5.69 Å². The summed E-state index contributed by atoms with van der Waals surface area (Å²) in [5.74, 6) is -0.713. The fourth-order valence-corrected chi connectivity index (χ4v) is 4.79. The van der Waals surface area contributed by atoms with E-state index in [1.807, 2.05) is 77.1 Å². The van der Waals surface area contributed by atoms with Gasteiger partial charge in [-0.05, 0) is 57.7 Å². The monoisotopic (exact) mass is 487 g/mol. The van der Waals surface area contributed by atoms with Crippen LogP contribution in [0.5, 0.6) is 0 Å². The first-order chi connectivity index (χ1) is 15.8. The zero-order valence-corrected chi connectivity index (χ0v) is 22.1. The predicted octanol–water partition coefficient (Wildman–Crippen LogP) is 3.71. The van der Waals surface area contributed by atoms with E-state index < -0.39 is 28.5 Å². The third-order valence-electron chi connectivity index (χ3n) is 5.97. The van der Waals surface area contributed by atoms with Crippen molar-refractivity contribution in [1.29, 1.82) is 0 Å². The van der Waals surface area contributed by atoms with Crippen molar-refractivity contribution in [1.82, 2.24) is 10.2 Å². The van der Waals surface area contributed by atoms with Crippen LogP contribution in [0.1, 0.15) is 49.4 Å². The molecule has 0 saturated carbocycles. The van der Waals surface area contributed by atoms with Crippen LogP contribution in [-0.2, 0) is 26.2 Å². The molecule has 8 heteroatoms. The van der Waals surface area contributed by atoms with Gasteiger partial charge < -0.3 is 10.2 Å². The molecule has 2 amide bonds. The Morgan fingerprint density at radius 1 is 1.00 bits per heavy atom. The van der Waals surface area contributed by atoms with Crippen molar-refractivity contribution in [3.63, 3.8) is 0 Å². The first kappa shape index (κ1) is 27.4. The van der Waals surface area contributed by atoms with Gasteiger partial charge in [-0.2, -0.15) is 0 Å². The van der Waals surface area contributed by atoms with Crippen LogP contribution < -0.4 is 9.62 Å². The highest BCUT2D eigenvalue weighted by molar-refractivity contribution is 7.92. The molecule has 2 rings (SSSR count). The SMILES string of the molecule is CC[C@H](C)NC(=O)[C@H](C)N(Cc1cccc(C)c1)C(=O)CN(c1c(C)cccc1C)S(C)(=O)=O. The summed E-state index contributed by atoms with van der Waals surface area (Å²) >= 11 is 0. The minimum absolute atomic E-state index is 0.0343. The molecule has 0 aliphatic heterocycles. The molecular weight excluding hydrogens is 450 g/mol. The maximum absolute atomic E-state index is 13.6. The van der Waals surface area contributed by atoms with Gasteiger partial charge in [-0.3, -0.25) is 13.9 Å². The molecule has 0 aromatic heterocycles. The van der Waals surface area contributed by atoms with Crippen molar-refractivity contribution in [3.05, 3.63) is 64.7 Å². The minimum atomic E-state index is -3.75. The van der Waals surface area contributed by atoms with Gasteiger partial charge in [-0.25, -0.2) is 8.42 Å². The number of benzene rings is 2. The van der Waals surface area contributed by atoms with Crippen LogP contribution in [0.25, 0.3) is 0 Å². The smallest absolute Gasteiger partial charge is 0.244 e. The molecule has 0 radical (unpaired) electrons. The second kappa shape index (κ2) is 11.5. The molecule has 0 bridgehead atoms. The van der Waals surface area contributed by atoms with E-state index in [0.717, 1.165) is 39.2 Å². The molecule has 2 aromatic carbocycles. The molecule has 2 aromatic rings. The molecule has 0 aliphatic rings. The molecule has 0 spiro atoms. The Morgan fingerprint density at radius 3 is 2.12 bits per heavy atom. The molecule has 0 saturated heterocycles. The maximum atomic E-state index is 13.6. The molecule has 0 aliphatic carbocycles. The average Bonchev–Trinajstić information content (AvgIpc) is 2.75. The van der Waals surface area contributed by atoms with Crippen LogP contribution in [0.15, 0.2) is 42.5 Å². The van der Waals surface area contributed by atoms with Gasteiger partial charge >= 0.3 is 0 Å². The summed E-state index contributed by atoms with van der Waals surface area (Å²) in [6.45, 7) is 11.0. The van der Waals surface area contributed by atoms with Gasteiger partial charge in [0.1, 0.15) is 12.6 Å². The average molecular weight is 488 g/mol. The molecule has 186 valence electrons. The van der Waals surface area contributed by atoms with E-state index in [9.17, 15) is 18.0 Å². The highest BCUT2D eigenvalue weighted by Crippen LogP contribution is 2.27. The predicted molar refractivity (Wildman–Crippen MR) is 137 cm³/mol. The Labute approximate surface area is 204 Å². The first-order valence-corrected chi connectivity index (χ1v) is 13.4. The summed E-state index contributed by atoms with van der Waals surface area (Å²) in [5, 5.41) is 2.93. The summed E-state index contributed by atoms with van der Waals surface area (Å²) in [5.41, 5.74) is 3.91. The van der Waals surface area contributed by atoms with Gasteiger partial charge in [0.2, 0.25) is 21.8 Å².